The van der Waals surface area contributed by atoms with Gasteiger partial charge in [-0.1, -0.05) is 0 Å². The molecule has 5 heteroatoms. The van der Waals surface area contributed by atoms with Crippen LogP contribution >= 0.6 is 0 Å². The maximum absolute atomic E-state index is 12.2. The lowest BCUT2D eigenvalue weighted by Gasteiger charge is -2.36. The van der Waals surface area contributed by atoms with E-state index in [1.54, 1.807) is 0 Å². The van der Waals surface area contributed by atoms with Gasteiger partial charge in [-0.2, -0.15) is 0 Å². The molecule has 2 N–H and O–H groups in total. The van der Waals surface area contributed by atoms with Crippen LogP contribution in [-0.2, 0) is 9.53 Å². The molecule has 92 valence electrons. The van der Waals surface area contributed by atoms with Crippen LogP contribution in [0.1, 0.15) is 19.8 Å². The number of hydrogen-bond acceptors (Lipinski definition) is 4. The first-order valence-corrected chi connectivity index (χ1v) is 6.05. The molecule has 5 nitrogen and oxygen atoms in total. The summed E-state index contributed by atoms with van der Waals surface area (Å²) in [6.07, 6.45) is 2.04. The lowest BCUT2D eigenvalue weighted by Crippen LogP contribution is -2.55. The van der Waals surface area contributed by atoms with Crippen molar-refractivity contribution >= 4 is 5.91 Å². The zero-order valence-corrected chi connectivity index (χ0v) is 9.92. The van der Waals surface area contributed by atoms with Gasteiger partial charge in [-0.3, -0.25) is 10.2 Å². The van der Waals surface area contributed by atoms with Gasteiger partial charge in [0, 0.05) is 19.6 Å². The molecule has 0 bridgehead atoms. The molecule has 0 aliphatic carbocycles. The Morgan fingerprint density at radius 3 is 2.81 bits per heavy atom. The third kappa shape index (κ3) is 2.72. The average molecular weight is 227 g/mol. The number of hydrazine groups is 1. The maximum Gasteiger partial charge on any atom is 0.241 e. The molecular weight excluding hydrogens is 206 g/mol. The van der Waals surface area contributed by atoms with E-state index in [4.69, 9.17) is 4.74 Å². The topological polar surface area (TPSA) is 53.6 Å². The molecule has 0 radical (unpaired) electrons. The van der Waals surface area contributed by atoms with Crippen LogP contribution in [0.4, 0.5) is 0 Å². The maximum atomic E-state index is 12.2. The molecule has 1 atom stereocenters. The normalized spacial score (nSPS) is 32.3. The van der Waals surface area contributed by atoms with E-state index in [2.05, 4.69) is 10.7 Å². The number of nitrogens with zero attached hydrogens (tertiary/aromatic N) is 1. The molecule has 0 aromatic carbocycles. The van der Waals surface area contributed by atoms with Gasteiger partial charge in [-0.25, -0.2) is 5.01 Å². The van der Waals surface area contributed by atoms with E-state index < -0.39 is 0 Å². The number of amides is 1. The van der Waals surface area contributed by atoms with Crippen LogP contribution in [0.25, 0.3) is 0 Å². The van der Waals surface area contributed by atoms with Crippen molar-refractivity contribution in [3.05, 3.63) is 0 Å². The summed E-state index contributed by atoms with van der Waals surface area (Å²) < 4.78 is 5.25. The predicted molar refractivity (Wildman–Crippen MR) is 60.7 cm³/mol. The average Bonchev–Trinajstić information content (AvgIpc) is 2.31. The fraction of sp³-hybridized carbons (Fsp3) is 0.909. The molecule has 0 aromatic rings. The highest BCUT2D eigenvalue weighted by Gasteiger charge is 2.35. The number of carbonyl (C=O) groups excluding carboxylic acids is 1. The Kier molecular flexibility index (Phi) is 3.78. The monoisotopic (exact) mass is 227 g/mol. The zero-order chi connectivity index (χ0) is 11.4. The Labute approximate surface area is 96.5 Å². The zero-order valence-electron chi connectivity index (χ0n) is 9.92. The highest BCUT2D eigenvalue weighted by molar-refractivity contribution is 5.82. The molecule has 2 aliphatic rings. The van der Waals surface area contributed by atoms with E-state index in [1.807, 2.05) is 11.9 Å². The minimum absolute atomic E-state index is 0.140. The van der Waals surface area contributed by atoms with Gasteiger partial charge >= 0.3 is 0 Å². The Morgan fingerprint density at radius 1 is 1.44 bits per heavy atom. The van der Waals surface area contributed by atoms with Gasteiger partial charge in [0.25, 0.3) is 0 Å². The molecule has 1 amide bonds. The summed E-state index contributed by atoms with van der Waals surface area (Å²) in [7, 11) is 0. The van der Waals surface area contributed by atoms with Gasteiger partial charge < -0.3 is 10.1 Å². The van der Waals surface area contributed by atoms with Gasteiger partial charge in [0.15, 0.2) is 0 Å². The second kappa shape index (κ2) is 5.12. The standard InChI is InChI=1S/C11H21N3O2/c1-11(3-2-4-12-9-11)10(15)13-14-5-7-16-8-6-14/h12H,2-9H2,1H3,(H,13,15). The smallest absolute Gasteiger partial charge is 0.241 e. The number of hydrogen-bond donors (Lipinski definition) is 2. The predicted octanol–water partition coefficient (Wildman–Crippen LogP) is -0.260. The van der Waals surface area contributed by atoms with Crippen molar-refractivity contribution in [3.8, 4) is 0 Å². The third-order valence-electron chi connectivity index (χ3n) is 3.42. The molecule has 2 heterocycles. The van der Waals surface area contributed by atoms with E-state index in [0.717, 1.165) is 39.0 Å². The highest BCUT2D eigenvalue weighted by atomic mass is 16.5. The van der Waals surface area contributed by atoms with E-state index in [-0.39, 0.29) is 11.3 Å². The number of rotatable bonds is 2. The summed E-state index contributed by atoms with van der Waals surface area (Å²) in [6, 6.07) is 0. The van der Waals surface area contributed by atoms with E-state index in [9.17, 15) is 4.79 Å². The van der Waals surface area contributed by atoms with Crippen molar-refractivity contribution in [1.29, 1.82) is 0 Å². The van der Waals surface area contributed by atoms with Crippen LogP contribution in [0.5, 0.6) is 0 Å². The second-order valence-corrected chi connectivity index (χ2v) is 4.88. The Hall–Kier alpha value is -0.650. The Balaban J connectivity index is 1.85. The summed E-state index contributed by atoms with van der Waals surface area (Å²) >= 11 is 0. The van der Waals surface area contributed by atoms with Crippen LogP contribution in [-0.4, -0.2) is 50.3 Å². The number of piperidine rings is 1. The molecule has 0 spiro atoms. The number of carbonyl (C=O) groups is 1. The van der Waals surface area contributed by atoms with Crippen LogP contribution in [0, 0.1) is 5.41 Å². The van der Waals surface area contributed by atoms with Crippen LogP contribution < -0.4 is 10.7 Å². The highest BCUT2D eigenvalue weighted by Crippen LogP contribution is 2.25. The fourth-order valence-electron chi connectivity index (χ4n) is 2.20. The second-order valence-electron chi connectivity index (χ2n) is 4.88. The molecule has 2 saturated heterocycles. The van der Waals surface area contributed by atoms with Crippen LogP contribution in [0.3, 0.4) is 0 Å². The van der Waals surface area contributed by atoms with E-state index in [0.29, 0.717) is 13.2 Å². The fourth-order valence-corrected chi connectivity index (χ4v) is 2.20. The molecule has 2 rings (SSSR count). The van der Waals surface area contributed by atoms with Crippen molar-refractivity contribution in [3.63, 3.8) is 0 Å². The van der Waals surface area contributed by atoms with Crippen LogP contribution in [0.2, 0.25) is 0 Å². The Bertz CT molecular complexity index is 246. The molecule has 0 aromatic heterocycles. The van der Waals surface area contributed by atoms with Crippen LogP contribution in [0.15, 0.2) is 0 Å². The van der Waals surface area contributed by atoms with Crippen molar-refractivity contribution in [2.24, 2.45) is 5.41 Å². The molecule has 2 fully saturated rings. The number of ether oxygens (including phenoxy) is 1. The molecule has 1 unspecified atom stereocenters. The van der Waals surface area contributed by atoms with Gasteiger partial charge in [0.1, 0.15) is 0 Å². The lowest BCUT2D eigenvalue weighted by atomic mass is 9.82. The summed E-state index contributed by atoms with van der Waals surface area (Å²) in [5.74, 6) is 0.140. The molecule has 0 saturated carbocycles. The Morgan fingerprint density at radius 2 is 2.19 bits per heavy atom. The molecule has 16 heavy (non-hydrogen) atoms. The van der Waals surface area contributed by atoms with E-state index in [1.165, 1.54) is 0 Å². The van der Waals surface area contributed by atoms with Gasteiger partial charge in [0.2, 0.25) is 5.91 Å². The minimum Gasteiger partial charge on any atom is -0.379 e. The number of morpholine rings is 1. The van der Waals surface area contributed by atoms with Crippen molar-refractivity contribution in [2.45, 2.75) is 19.8 Å². The van der Waals surface area contributed by atoms with E-state index >= 15 is 0 Å². The SMILES string of the molecule is CC1(C(=O)NN2CCOCC2)CCCNC1. The van der Waals surface area contributed by atoms with Gasteiger partial charge in [0.05, 0.1) is 18.6 Å². The minimum atomic E-state index is -0.253. The quantitative estimate of drug-likeness (QED) is 0.682. The summed E-state index contributed by atoms with van der Waals surface area (Å²) in [5.41, 5.74) is 2.75. The first-order chi connectivity index (χ1) is 7.71. The van der Waals surface area contributed by atoms with Crippen molar-refractivity contribution < 1.29 is 9.53 Å². The van der Waals surface area contributed by atoms with Crippen molar-refractivity contribution in [2.75, 3.05) is 39.4 Å². The van der Waals surface area contributed by atoms with Crippen molar-refractivity contribution in [1.82, 2.24) is 15.8 Å². The van der Waals surface area contributed by atoms with Gasteiger partial charge in [-0.15, -0.1) is 0 Å². The molecule has 2 aliphatic heterocycles. The summed E-state index contributed by atoms with van der Waals surface area (Å²) in [5, 5.41) is 5.25. The first kappa shape index (κ1) is 11.8. The first-order valence-electron chi connectivity index (χ1n) is 6.05. The third-order valence-corrected chi connectivity index (χ3v) is 3.42. The largest absolute Gasteiger partial charge is 0.379 e. The summed E-state index contributed by atoms with van der Waals surface area (Å²) in [6.45, 7) is 6.83. The molecular formula is C11H21N3O2. The summed E-state index contributed by atoms with van der Waals surface area (Å²) in [4.78, 5) is 12.2. The number of nitrogens with one attached hydrogen (secondary N) is 2. The van der Waals surface area contributed by atoms with Gasteiger partial charge in [-0.05, 0) is 26.3 Å². The lowest BCUT2D eigenvalue weighted by molar-refractivity contribution is -0.138.